The largest absolute Gasteiger partial charge is 1.00 e. The van der Waals surface area contributed by atoms with Crippen molar-refractivity contribution in [3.05, 3.63) is 0 Å². The van der Waals surface area contributed by atoms with Crippen molar-refractivity contribution in [2.24, 2.45) is 0 Å². The van der Waals surface area contributed by atoms with E-state index in [0.29, 0.717) is 0 Å². The van der Waals surface area contributed by atoms with Crippen molar-refractivity contribution in [2.45, 2.75) is 40.8 Å². The van der Waals surface area contributed by atoms with Gasteiger partial charge in [0.1, 0.15) is 0 Å². The Morgan fingerprint density at radius 3 is 1.07 bits per heavy atom. The number of alkyl halides is 15. The molecule has 0 rings (SSSR count). The Labute approximate surface area is 166 Å². The predicted molar refractivity (Wildman–Crippen MR) is 50.3 cm³/mol. The first kappa shape index (κ1) is 30.1. The fourth-order valence-corrected chi connectivity index (χ4v) is 1.69. The molecule has 0 aromatic heterocycles. The van der Waals surface area contributed by atoms with Gasteiger partial charge < -0.3 is 4.55 Å². The first-order valence-corrected chi connectivity index (χ1v) is 6.88. The quantitative estimate of drug-likeness (QED) is 0.292. The fourth-order valence-electron chi connectivity index (χ4n) is 1.24. The maximum Gasteiger partial charge on any atom is 1.00 e. The summed E-state index contributed by atoms with van der Waals surface area (Å²) in [6.45, 7) is -3.92. The van der Waals surface area contributed by atoms with Crippen LogP contribution in [0.25, 0.3) is 0 Å². The van der Waals surface area contributed by atoms with Crippen molar-refractivity contribution < 1.29 is 108 Å². The molecule has 164 valence electrons. The molecule has 0 amide bonds. The minimum Gasteiger partial charge on any atom is -0.743 e. The molecular weight excluding hydrogens is 484 g/mol. The molecule has 0 aliphatic carbocycles. The van der Waals surface area contributed by atoms with Gasteiger partial charge in [-0.25, -0.2) is 12.8 Å². The molecule has 0 N–H and O–H groups in total. The third-order valence-corrected chi connectivity index (χ3v) is 3.77. The van der Waals surface area contributed by atoms with Crippen LogP contribution in [0.1, 0.15) is 0 Å². The molecule has 0 saturated carbocycles. The zero-order chi connectivity index (χ0) is 22.7. The minimum atomic E-state index is -8.56. The molecule has 20 heteroatoms. The Hall–Kier alpha value is -0.140. The van der Waals surface area contributed by atoms with Gasteiger partial charge in [0.05, 0.1) is 0 Å². The van der Waals surface area contributed by atoms with Gasteiger partial charge in [0.2, 0.25) is 0 Å². The van der Waals surface area contributed by atoms with Gasteiger partial charge in [0.15, 0.2) is 16.8 Å². The second kappa shape index (κ2) is 7.52. The summed E-state index contributed by atoms with van der Waals surface area (Å²) < 4.78 is 220. The van der Waals surface area contributed by atoms with Crippen molar-refractivity contribution in [1.82, 2.24) is 0 Å². The van der Waals surface area contributed by atoms with E-state index in [4.69, 9.17) is 0 Å². The molecular formula is C8H2F15NaO3S. The second-order valence-electron chi connectivity index (χ2n) is 4.68. The number of rotatable bonds is 8. The minimum absolute atomic E-state index is 0. The molecule has 0 heterocycles. The van der Waals surface area contributed by atoms with Crippen molar-refractivity contribution in [3.8, 4) is 0 Å². The monoisotopic (exact) mass is 486 g/mol. The zero-order valence-electron chi connectivity index (χ0n) is 12.5. The van der Waals surface area contributed by atoms with Gasteiger partial charge in [0.25, 0.3) is 0 Å². The molecule has 0 aromatic carbocycles. The average Bonchev–Trinajstić information content (AvgIpc) is 2.44. The van der Waals surface area contributed by atoms with E-state index >= 15 is 0 Å². The molecule has 0 saturated heterocycles. The van der Waals surface area contributed by atoms with Crippen LogP contribution in [0.4, 0.5) is 65.9 Å². The Kier molecular flexibility index (Phi) is 8.08. The Bertz CT molecular complexity index is 673. The van der Waals surface area contributed by atoms with Crippen molar-refractivity contribution >= 4 is 10.1 Å². The van der Waals surface area contributed by atoms with Gasteiger partial charge in [-0.15, -0.1) is 0 Å². The van der Waals surface area contributed by atoms with Crippen LogP contribution < -0.4 is 29.6 Å². The normalized spacial score (nSPS) is 16.0. The Balaban J connectivity index is 0. The van der Waals surface area contributed by atoms with Crippen molar-refractivity contribution in [2.75, 3.05) is 6.67 Å². The van der Waals surface area contributed by atoms with Gasteiger partial charge in [-0.2, -0.15) is 61.5 Å². The molecule has 0 aliphatic rings. The third kappa shape index (κ3) is 3.68. The van der Waals surface area contributed by atoms with Crippen LogP contribution in [0.3, 0.4) is 0 Å². The van der Waals surface area contributed by atoms with Crippen LogP contribution >= 0.6 is 0 Å². The van der Waals surface area contributed by atoms with E-state index in [1.54, 1.807) is 0 Å². The number of hydrogen-bond acceptors (Lipinski definition) is 3. The average molecular weight is 486 g/mol. The van der Waals surface area contributed by atoms with Gasteiger partial charge >= 0.3 is 70.3 Å². The predicted octanol–water partition coefficient (Wildman–Crippen LogP) is 0.910. The number of halogens is 15. The smallest absolute Gasteiger partial charge is 0.743 e. The standard InChI is InChI=1S/C8H3F15O3S.Na/c9-1-2(10,11)3(12,13)4(14,15)5(16,17)6(18,19)7(20,21)8(22,23)27(24,25)26;/h1H2,(H,24,25,26);/q;+1/p-1. The summed E-state index contributed by atoms with van der Waals surface area (Å²) in [6, 6.07) is 0. The van der Waals surface area contributed by atoms with E-state index in [1.165, 1.54) is 0 Å². The molecule has 0 aliphatic heterocycles. The van der Waals surface area contributed by atoms with Crippen molar-refractivity contribution in [3.63, 3.8) is 0 Å². The first-order chi connectivity index (χ1) is 11.3. The molecule has 3 nitrogen and oxygen atoms in total. The van der Waals surface area contributed by atoms with Crippen LogP contribution in [0.5, 0.6) is 0 Å². The fraction of sp³-hybridized carbons (Fsp3) is 1.00. The molecule has 0 atom stereocenters. The summed E-state index contributed by atoms with van der Waals surface area (Å²) in [4.78, 5) is 0. The summed E-state index contributed by atoms with van der Waals surface area (Å²) in [5.41, 5.74) is 0. The van der Waals surface area contributed by atoms with Crippen molar-refractivity contribution in [1.29, 1.82) is 0 Å². The molecule has 0 fully saturated rings. The Morgan fingerprint density at radius 2 is 0.821 bits per heavy atom. The van der Waals surface area contributed by atoms with Crippen LogP contribution in [0, 0.1) is 0 Å². The molecule has 0 bridgehead atoms. The van der Waals surface area contributed by atoms with Gasteiger partial charge in [-0.3, -0.25) is 0 Å². The van der Waals surface area contributed by atoms with E-state index in [2.05, 4.69) is 0 Å². The molecule has 0 radical (unpaired) electrons. The van der Waals surface area contributed by atoms with Gasteiger partial charge in [0, 0.05) is 0 Å². The summed E-state index contributed by atoms with van der Waals surface area (Å²) in [7, 11) is -8.00. The zero-order valence-corrected chi connectivity index (χ0v) is 15.3. The van der Waals surface area contributed by atoms with E-state index < -0.39 is 57.6 Å². The molecule has 0 aromatic rings. The molecule has 28 heavy (non-hydrogen) atoms. The maximum absolute atomic E-state index is 13.0. The van der Waals surface area contributed by atoms with Crippen LogP contribution in [0.15, 0.2) is 0 Å². The van der Waals surface area contributed by atoms with E-state index in [9.17, 15) is 78.8 Å². The maximum atomic E-state index is 13.0. The summed E-state index contributed by atoms with van der Waals surface area (Å²) in [5, 5.41) is -7.79. The SMILES string of the molecule is O=S(=O)([O-])C(F)(F)C(F)(F)C(F)(F)C(F)(F)C(F)(F)C(F)(F)C(F)(F)CF.[Na+]. The van der Waals surface area contributed by atoms with Gasteiger partial charge in [-0.05, 0) is 0 Å². The van der Waals surface area contributed by atoms with Crippen LogP contribution in [-0.4, -0.2) is 60.4 Å². The topological polar surface area (TPSA) is 57.2 Å². The third-order valence-electron chi connectivity index (χ3n) is 2.88. The summed E-state index contributed by atoms with van der Waals surface area (Å²) in [5.74, 6) is -48.5. The second-order valence-corrected chi connectivity index (χ2v) is 6.10. The van der Waals surface area contributed by atoms with E-state index in [-0.39, 0.29) is 29.6 Å². The Morgan fingerprint density at radius 1 is 0.571 bits per heavy atom. The van der Waals surface area contributed by atoms with E-state index in [0.717, 1.165) is 0 Å². The summed E-state index contributed by atoms with van der Waals surface area (Å²) >= 11 is 0. The summed E-state index contributed by atoms with van der Waals surface area (Å²) in [6.07, 6.45) is 0. The molecule has 0 unspecified atom stereocenters. The number of hydrogen-bond donors (Lipinski definition) is 0. The van der Waals surface area contributed by atoms with Crippen LogP contribution in [0.2, 0.25) is 0 Å². The first-order valence-electron chi connectivity index (χ1n) is 5.47. The van der Waals surface area contributed by atoms with Gasteiger partial charge in [-0.1, -0.05) is 0 Å². The van der Waals surface area contributed by atoms with Crippen LogP contribution in [-0.2, 0) is 10.1 Å². The van der Waals surface area contributed by atoms with E-state index in [1.807, 2.05) is 0 Å². The molecule has 0 spiro atoms.